The van der Waals surface area contributed by atoms with Gasteiger partial charge in [-0.25, -0.2) is 0 Å². The van der Waals surface area contributed by atoms with Crippen molar-refractivity contribution in [3.63, 3.8) is 0 Å². The highest BCUT2D eigenvalue weighted by atomic mass is 16.2. The third kappa shape index (κ3) is 2.93. The van der Waals surface area contributed by atoms with Crippen molar-refractivity contribution >= 4 is 17.6 Å². The molecule has 2 atom stereocenters. The number of benzene rings is 1. The van der Waals surface area contributed by atoms with Gasteiger partial charge in [0.2, 0.25) is 5.91 Å². The third-order valence-corrected chi connectivity index (χ3v) is 3.35. The number of hydrogen-bond acceptors (Lipinski definition) is 3. The van der Waals surface area contributed by atoms with Crippen LogP contribution in [0.4, 0.5) is 0 Å². The van der Waals surface area contributed by atoms with Gasteiger partial charge in [-0.1, -0.05) is 43.2 Å². The van der Waals surface area contributed by atoms with Gasteiger partial charge in [0.25, 0.3) is 5.91 Å². The van der Waals surface area contributed by atoms with Crippen molar-refractivity contribution in [3.8, 4) is 0 Å². The van der Waals surface area contributed by atoms with E-state index >= 15 is 0 Å². The Kier molecular flexibility index (Phi) is 4.29. The Morgan fingerprint density at radius 3 is 2.50 bits per heavy atom. The highest BCUT2D eigenvalue weighted by Crippen LogP contribution is 2.21. The van der Waals surface area contributed by atoms with Crippen molar-refractivity contribution in [2.24, 2.45) is 10.7 Å². The third-order valence-electron chi connectivity index (χ3n) is 3.35. The first-order valence-electron chi connectivity index (χ1n) is 6.78. The number of carbonyl (C=O) groups excluding carboxylic acids is 2. The molecule has 1 aliphatic heterocycles. The minimum atomic E-state index is -0.867. The Bertz CT molecular complexity index is 549. The number of amidine groups is 1. The van der Waals surface area contributed by atoms with Crippen molar-refractivity contribution in [3.05, 3.63) is 35.4 Å². The average Bonchev–Trinajstić information content (AvgIpc) is 2.40. The number of amides is 2. The van der Waals surface area contributed by atoms with Crippen LogP contribution in [0.3, 0.4) is 0 Å². The van der Waals surface area contributed by atoms with Crippen LogP contribution < -0.4 is 11.1 Å². The van der Waals surface area contributed by atoms with Crippen LogP contribution in [0.25, 0.3) is 0 Å². The summed E-state index contributed by atoms with van der Waals surface area (Å²) >= 11 is 0. The average molecular weight is 273 g/mol. The molecule has 1 heterocycles. The number of hydrogen-bond donors (Lipinski definition) is 2. The van der Waals surface area contributed by atoms with E-state index in [1.807, 2.05) is 26.0 Å². The molecule has 0 aromatic heterocycles. The first-order valence-corrected chi connectivity index (χ1v) is 6.78. The maximum Gasteiger partial charge on any atom is 0.264 e. The molecule has 1 aromatic rings. The Labute approximate surface area is 118 Å². The van der Waals surface area contributed by atoms with E-state index in [0.717, 1.165) is 12.0 Å². The summed E-state index contributed by atoms with van der Waals surface area (Å²) in [4.78, 5) is 28.2. The maximum atomic E-state index is 12.1. The molecule has 0 saturated heterocycles. The lowest BCUT2D eigenvalue weighted by Gasteiger charge is -2.23. The molecule has 5 nitrogen and oxygen atoms in total. The molecule has 2 rings (SSSR count). The molecule has 106 valence electrons. The van der Waals surface area contributed by atoms with Gasteiger partial charge < -0.3 is 11.1 Å². The van der Waals surface area contributed by atoms with Gasteiger partial charge in [0.05, 0.1) is 6.04 Å². The number of nitrogens with zero attached hydrogens (tertiary/aromatic N) is 1. The van der Waals surface area contributed by atoms with Crippen LogP contribution in [-0.4, -0.2) is 23.7 Å². The molecule has 20 heavy (non-hydrogen) atoms. The van der Waals surface area contributed by atoms with Crippen LogP contribution >= 0.6 is 0 Å². The van der Waals surface area contributed by atoms with Crippen LogP contribution in [0.1, 0.15) is 36.8 Å². The molecular formula is C15H19N3O2. The normalized spacial score (nSPS) is 20.4. The number of aliphatic imine (C=N–C) groups is 1. The summed E-state index contributed by atoms with van der Waals surface area (Å²) < 4.78 is 0. The maximum absolute atomic E-state index is 12.1. The summed E-state index contributed by atoms with van der Waals surface area (Å²) in [7, 11) is 0. The molecule has 1 aromatic carbocycles. The Balaban J connectivity index is 2.24. The predicted molar refractivity (Wildman–Crippen MR) is 77.4 cm³/mol. The molecule has 3 N–H and O–H groups in total. The summed E-state index contributed by atoms with van der Waals surface area (Å²) in [6, 6.07) is 6.91. The van der Waals surface area contributed by atoms with Crippen molar-refractivity contribution in [1.82, 2.24) is 5.32 Å². The van der Waals surface area contributed by atoms with Crippen LogP contribution in [0.15, 0.2) is 29.3 Å². The first kappa shape index (κ1) is 14.4. The van der Waals surface area contributed by atoms with E-state index in [1.165, 1.54) is 0 Å². The number of carbonyl (C=O) groups is 2. The predicted octanol–water partition coefficient (Wildman–Crippen LogP) is 1.26. The fourth-order valence-electron chi connectivity index (χ4n) is 2.20. The van der Waals surface area contributed by atoms with Crippen LogP contribution in [0, 0.1) is 6.92 Å². The van der Waals surface area contributed by atoms with Crippen molar-refractivity contribution in [2.75, 3.05) is 0 Å². The molecule has 0 bridgehead atoms. The van der Waals surface area contributed by atoms with Gasteiger partial charge in [0.15, 0.2) is 0 Å². The zero-order chi connectivity index (χ0) is 14.7. The number of nitrogens with one attached hydrogen (secondary N) is 1. The summed E-state index contributed by atoms with van der Waals surface area (Å²) in [6.45, 7) is 3.94. The van der Waals surface area contributed by atoms with E-state index in [4.69, 9.17) is 5.73 Å². The quantitative estimate of drug-likeness (QED) is 0.810. The Morgan fingerprint density at radius 1 is 1.30 bits per heavy atom. The molecule has 1 aliphatic rings. The van der Waals surface area contributed by atoms with Crippen molar-refractivity contribution < 1.29 is 9.59 Å². The van der Waals surface area contributed by atoms with Crippen LogP contribution in [0.5, 0.6) is 0 Å². The molecule has 0 aliphatic carbocycles. The van der Waals surface area contributed by atoms with Gasteiger partial charge >= 0.3 is 0 Å². The summed E-state index contributed by atoms with van der Waals surface area (Å²) in [6.07, 6.45) is 1.55. The standard InChI is InChI=1S/C15H19N3O2/c1-3-4-11(16)13-17-14(19)12(15(20)18-13)10-7-5-9(2)6-8-10/h5-8,11-12H,3-4,16H2,1-2H3,(H,17,18,19,20). The number of aryl methyl sites for hydroxylation is 1. The van der Waals surface area contributed by atoms with Crippen LogP contribution in [0.2, 0.25) is 0 Å². The lowest BCUT2D eigenvalue weighted by molar-refractivity contribution is -0.129. The summed E-state index contributed by atoms with van der Waals surface area (Å²) in [5.41, 5.74) is 7.62. The van der Waals surface area contributed by atoms with E-state index in [1.54, 1.807) is 12.1 Å². The van der Waals surface area contributed by atoms with Crippen molar-refractivity contribution in [1.29, 1.82) is 0 Å². The lowest BCUT2D eigenvalue weighted by Crippen LogP contribution is -2.50. The van der Waals surface area contributed by atoms with E-state index in [2.05, 4.69) is 10.3 Å². The van der Waals surface area contributed by atoms with Gasteiger partial charge in [-0.3, -0.25) is 9.59 Å². The van der Waals surface area contributed by atoms with Gasteiger partial charge in [-0.2, -0.15) is 4.99 Å². The highest BCUT2D eigenvalue weighted by Gasteiger charge is 2.34. The monoisotopic (exact) mass is 273 g/mol. The van der Waals surface area contributed by atoms with Crippen LogP contribution in [-0.2, 0) is 9.59 Å². The van der Waals surface area contributed by atoms with Gasteiger partial charge in [0, 0.05) is 0 Å². The van der Waals surface area contributed by atoms with Gasteiger partial charge in [0.1, 0.15) is 11.8 Å². The second-order valence-electron chi connectivity index (χ2n) is 5.06. The van der Waals surface area contributed by atoms with E-state index in [-0.39, 0.29) is 11.7 Å². The highest BCUT2D eigenvalue weighted by molar-refractivity contribution is 6.20. The van der Waals surface area contributed by atoms with E-state index < -0.39 is 17.9 Å². The zero-order valence-corrected chi connectivity index (χ0v) is 11.7. The Hall–Kier alpha value is -2.01. The van der Waals surface area contributed by atoms with E-state index in [0.29, 0.717) is 12.0 Å². The molecule has 0 saturated carbocycles. The molecule has 0 radical (unpaired) electrons. The summed E-state index contributed by atoms with van der Waals surface area (Å²) in [5.74, 6) is -1.38. The second kappa shape index (κ2) is 5.96. The molecule has 0 spiro atoms. The van der Waals surface area contributed by atoms with Gasteiger partial charge in [-0.15, -0.1) is 0 Å². The fourth-order valence-corrected chi connectivity index (χ4v) is 2.20. The largest absolute Gasteiger partial charge is 0.321 e. The lowest BCUT2D eigenvalue weighted by atomic mass is 9.95. The Morgan fingerprint density at radius 2 is 1.95 bits per heavy atom. The molecule has 2 amide bonds. The minimum absolute atomic E-state index is 0.283. The summed E-state index contributed by atoms with van der Waals surface area (Å²) in [5, 5.41) is 2.66. The fraction of sp³-hybridized carbons (Fsp3) is 0.400. The zero-order valence-electron chi connectivity index (χ0n) is 11.7. The minimum Gasteiger partial charge on any atom is -0.321 e. The van der Waals surface area contributed by atoms with E-state index in [9.17, 15) is 9.59 Å². The van der Waals surface area contributed by atoms with Crippen molar-refractivity contribution in [2.45, 2.75) is 38.6 Å². The molecule has 5 heteroatoms. The molecule has 0 fully saturated rings. The smallest absolute Gasteiger partial charge is 0.264 e. The SMILES string of the molecule is CCCC(N)C1=NC(=O)C(c2ccc(C)cc2)C(=O)N1. The molecular weight excluding hydrogens is 254 g/mol. The number of rotatable bonds is 4. The molecule has 2 unspecified atom stereocenters. The topological polar surface area (TPSA) is 84.5 Å². The number of nitrogens with two attached hydrogens (primary N) is 1. The van der Waals surface area contributed by atoms with Gasteiger partial charge in [-0.05, 0) is 18.9 Å². The first-order chi connectivity index (χ1) is 9.52. The second-order valence-corrected chi connectivity index (χ2v) is 5.06.